The van der Waals surface area contributed by atoms with E-state index < -0.39 is 0 Å². The maximum Gasteiger partial charge on any atom is 0.160 e. The second-order valence-electron chi connectivity index (χ2n) is 11.5. The van der Waals surface area contributed by atoms with Gasteiger partial charge in [0.2, 0.25) is 0 Å². The Morgan fingerprint density at radius 2 is 1.23 bits per heavy atom. The summed E-state index contributed by atoms with van der Waals surface area (Å²) >= 11 is 0. The van der Waals surface area contributed by atoms with Gasteiger partial charge in [-0.25, -0.2) is 9.97 Å². The maximum atomic E-state index is 5.00. The molecule has 44 heavy (non-hydrogen) atoms. The van der Waals surface area contributed by atoms with Crippen molar-refractivity contribution in [3.63, 3.8) is 0 Å². The van der Waals surface area contributed by atoms with Crippen LogP contribution in [0, 0.1) is 0 Å². The monoisotopic (exact) mass is 568 g/mol. The Labute approximate surface area is 260 Å². The van der Waals surface area contributed by atoms with E-state index in [1.807, 2.05) is 43.3 Å². The predicted octanol–water partition coefficient (Wildman–Crippen LogP) is 11.1. The number of rotatable bonds is 8. The summed E-state index contributed by atoms with van der Waals surface area (Å²) in [6.45, 7) is 10.5. The van der Waals surface area contributed by atoms with Crippen molar-refractivity contribution in [2.24, 2.45) is 0 Å². The molecule has 5 aromatic carbocycles. The second-order valence-corrected chi connectivity index (χ2v) is 11.5. The number of benzene rings is 5. The molecule has 0 saturated carbocycles. The van der Waals surface area contributed by atoms with Gasteiger partial charge < -0.3 is 0 Å². The summed E-state index contributed by atoms with van der Waals surface area (Å²) in [6, 6.07) is 45.1. The van der Waals surface area contributed by atoms with E-state index in [-0.39, 0.29) is 5.41 Å². The van der Waals surface area contributed by atoms with Crippen molar-refractivity contribution in [1.29, 1.82) is 0 Å². The minimum atomic E-state index is -0.176. The molecular weight excluding hydrogens is 532 g/mol. The van der Waals surface area contributed by atoms with Crippen molar-refractivity contribution in [3.8, 4) is 33.8 Å². The van der Waals surface area contributed by atoms with Gasteiger partial charge >= 0.3 is 0 Å². The Kier molecular flexibility index (Phi) is 8.16. The summed E-state index contributed by atoms with van der Waals surface area (Å²) in [4.78, 5) is 9.99. The first-order chi connectivity index (χ1) is 21.5. The van der Waals surface area contributed by atoms with Gasteiger partial charge in [-0.15, -0.1) is 0 Å². The second kappa shape index (κ2) is 12.5. The number of aromatic nitrogens is 2. The third-order valence-electron chi connectivity index (χ3n) is 8.29. The van der Waals surface area contributed by atoms with Crippen molar-refractivity contribution in [2.75, 3.05) is 0 Å². The normalized spacial score (nSPS) is 12.1. The van der Waals surface area contributed by atoms with Crippen molar-refractivity contribution in [1.82, 2.24) is 9.97 Å². The zero-order valence-corrected chi connectivity index (χ0v) is 25.5. The third kappa shape index (κ3) is 5.93. The maximum absolute atomic E-state index is 5.00. The quantitative estimate of drug-likeness (QED) is 0.171. The highest BCUT2D eigenvalue weighted by Crippen LogP contribution is 2.35. The highest BCUT2D eigenvalue weighted by atomic mass is 14.9. The largest absolute Gasteiger partial charge is 0.228 e. The molecule has 1 aromatic heterocycles. The van der Waals surface area contributed by atoms with Crippen molar-refractivity contribution in [3.05, 3.63) is 175 Å². The molecule has 0 bridgehead atoms. The molecule has 0 aliphatic carbocycles. The van der Waals surface area contributed by atoms with Crippen LogP contribution in [0.25, 0.3) is 50.1 Å². The summed E-state index contributed by atoms with van der Waals surface area (Å²) in [6.07, 6.45) is 7.85. The van der Waals surface area contributed by atoms with Crippen LogP contribution in [0.5, 0.6) is 0 Å². The van der Waals surface area contributed by atoms with Crippen LogP contribution in [0.3, 0.4) is 0 Å². The number of nitrogens with zero attached hydrogens (tertiary/aromatic N) is 2. The minimum Gasteiger partial charge on any atom is -0.228 e. The first kappa shape index (κ1) is 28.8. The van der Waals surface area contributed by atoms with Crippen LogP contribution in [0.15, 0.2) is 158 Å². The summed E-state index contributed by atoms with van der Waals surface area (Å²) in [5, 5.41) is 2.52. The van der Waals surface area contributed by atoms with Gasteiger partial charge in [-0.3, -0.25) is 0 Å². The highest BCUT2D eigenvalue weighted by molar-refractivity contribution is 5.87. The van der Waals surface area contributed by atoms with E-state index in [1.165, 1.54) is 33.0 Å². The summed E-state index contributed by atoms with van der Waals surface area (Å²) in [5.74, 6) is 0.699. The molecule has 0 radical (unpaired) electrons. The standard InChI is InChI=1S/C42H36N2/c1-5-12-32(13-6-2)39-29-40(33-15-8-7-9-16-33)44-41(43-39)34-22-26-38(27-23-34)42(3,4)37-24-20-31(21-25-37)36-19-18-30-14-10-11-17-35(30)28-36/h5-29H,1H2,2-4H3/b13-6-,32-12+. The molecule has 0 unspecified atom stereocenters. The van der Waals surface area contributed by atoms with Gasteiger partial charge in [0.15, 0.2) is 5.82 Å². The van der Waals surface area contributed by atoms with E-state index in [1.54, 1.807) is 6.08 Å². The van der Waals surface area contributed by atoms with Gasteiger partial charge in [-0.2, -0.15) is 0 Å². The Bertz CT molecular complexity index is 1980. The number of allylic oxidation sites excluding steroid dienone is 5. The zero-order valence-electron chi connectivity index (χ0n) is 25.5. The lowest BCUT2D eigenvalue weighted by atomic mass is 9.77. The van der Waals surface area contributed by atoms with Gasteiger partial charge in [0, 0.05) is 16.5 Å². The van der Waals surface area contributed by atoms with Crippen LogP contribution >= 0.6 is 0 Å². The van der Waals surface area contributed by atoms with Crippen LogP contribution in [0.2, 0.25) is 0 Å². The molecule has 0 amide bonds. The van der Waals surface area contributed by atoms with Crippen LogP contribution in [0.1, 0.15) is 37.6 Å². The molecule has 214 valence electrons. The number of hydrogen-bond acceptors (Lipinski definition) is 2. The van der Waals surface area contributed by atoms with Crippen LogP contribution in [-0.4, -0.2) is 9.97 Å². The predicted molar refractivity (Wildman–Crippen MR) is 187 cm³/mol. The van der Waals surface area contributed by atoms with Crippen LogP contribution in [-0.2, 0) is 5.41 Å². The molecule has 0 saturated heterocycles. The van der Waals surface area contributed by atoms with E-state index in [2.05, 4.69) is 130 Å². The topological polar surface area (TPSA) is 25.8 Å². The molecule has 6 aromatic rings. The van der Waals surface area contributed by atoms with Crippen LogP contribution in [0.4, 0.5) is 0 Å². The Hall–Kier alpha value is -5.34. The van der Waals surface area contributed by atoms with Crippen molar-refractivity contribution < 1.29 is 0 Å². The molecule has 0 aliphatic rings. The Morgan fingerprint density at radius 3 is 1.89 bits per heavy atom. The highest BCUT2D eigenvalue weighted by Gasteiger charge is 2.23. The van der Waals surface area contributed by atoms with Crippen molar-refractivity contribution >= 4 is 16.3 Å². The lowest BCUT2D eigenvalue weighted by molar-refractivity contribution is 0.641. The molecule has 2 heteroatoms. The smallest absolute Gasteiger partial charge is 0.160 e. The lowest BCUT2D eigenvalue weighted by Crippen LogP contribution is -2.18. The molecule has 0 fully saturated rings. The minimum absolute atomic E-state index is 0.176. The molecule has 0 spiro atoms. The molecule has 0 N–H and O–H groups in total. The molecule has 0 atom stereocenters. The van der Waals surface area contributed by atoms with Crippen molar-refractivity contribution in [2.45, 2.75) is 26.2 Å². The fraction of sp³-hybridized carbons (Fsp3) is 0.0952. The van der Waals surface area contributed by atoms with Gasteiger partial charge in [0.1, 0.15) is 0 Å². The SMILES string of the molecule is C=C/C=C(\C=C/C)c1cc(-c2ccccc2)nc(-c2ccc(C(C)(C)c3ccc(-c4ccc5ccccc5c4)cc3)cc2)n1. The summed E-state index contributed by atoms with van der Waals surface area (Å²) in [5.41, 5.74) is 9.57. The first-order valence-corrected chi connectivity index (χ1v) is 15.1. The van der Waals surface area contributed by atoms with Gasteiger partial charge in [0.05, 0.1) is 11.4 Å². The lowest BCUT2D eigenvalue weighted by Gasteiger charge is -2.26. The molecule has 0 aliphatic heterocycles. The van der Waals surface area contributed by atoms with E-state index in [4.69, 9.17) is 9.97 Å². The van der Waals surface area contributed by atoms with Gasteiger partial charge in [0.25, 0.3) is 0 Å². The average molecular weight is 569 g/mol. The summed E-state index contributed by atoms with van der Waals surface area (Å²) in [7, 11) is 0. The fourth-order valence-electron chi connectivity index (χ4n) is 5.66. The molecular formula is C42H36N2. The molecule has 1 heterocycles. The van der Waals surface area contributed by atoms with Crippen LogP contribution < -0.4 is 0 Å². The van der Waals surface area contributed by atoms with E-state index >= 15 is 0 Å². The third-order valence-corrected chi connectivity index (χ3v) is 8.29. The fourth-order valence-corrected chi connectivity index (χ4v) is 5.66. The summed E-state index contributed by atoms with van der Waals surface area (Å²) < 4.78 is 0. The van der Waals surface area contributed by atoms with Gasteiger partial charge in [-0.1, -0.05) is 160 Å². The molecule has 6 rings (SSSR count). The zero-order chi connectivity index (χ0) is 30.5. The Morgan fingerprint density at radius 1 is 0.614 bits per heavy atom. The van der Waals surface area contributed by atoms with E-state index in [0.717, 1.165) is 28.1 Å². The van der Waals surface area contributed by atoms with Gasteiger partial charge in [-0.05, 0) is 57.7 Å². The first-order valence-electron chi connectivity index (χ1n) is 15.1. The molecule has 2 nitrogen and oxygen atoms in total. The average Bonchev–Trinajstić information content (AvgIpc) is 3.08. The number of hydrogen-bond donors (Lipinski definition) is 0. The Balaban J connectivity index is 1.31. The van der Waals surface area contributed by atoms with E-state index in [9.17, 15) is 0 Å². The van der Waals surface area contributed by atoms with E-state index in [0.29, 0.717) is 5.82 Å². The number of fused-ring (bicyclic) bond motifs is 1.